The van der Waals surface area contributed by atoms with E-state index in [1.807, 2.05) is 42.5 Å². The Labute approximate surface area is 160 Å². The SMILES string of the molecule is COc1ccc([C@H](NC(=O)c2ccc(C(F)(F)F)cc2)c2ccccc2)cc1. The van der Waals surface area contributed by atoms with Gasteiger partial charge in [0.1, 0.15) is 5.75 Å². The van der Waals surface area contributed by atoms with Crippen molar-refractivity contribution in [2.45, 2.75) is 12.2 Å². The molecule has 0 radical (unpaired) electrons. The van der Waals surface area contributed by atoms with Gasteiger partial charge < -0.3 is 10.1 Å². The van der Waals surface area contributed by atoms with E-state index >= 15 is 0 Å². The van der Waals surface area contributed by atoms with Gasteiger partial charge in [-0.25, -0.2) is 0 Å². The van der Waals surface area contributed by atoms with E-state index in [1.165, 1.54) is 12.1 Å². The first-order chi connectivity index (χ1) is 13.4. The molecule has 3 aromatic rings. The van der Waals surface area contributed by atoms with E-state index in [0.29, 0.717) is 5.75 Å². The van der Waals surface area contributed by atoms with Gasteiger partial charge in [0.25, 0.3) is 5.91 Å². The van der Waals surface area contributed by atoms with Crippen molar-refractivity contribution in [1.29, 1.82) is 0 Å². The van der Waals surface area contributed by atoms with E-state index in [2.05, 4.69) is 5.32 Å². The van der Waals surface area contributed by atoms with E-state index < -0.39 is 23.7 Å². The Morgan fingerprint density at radius 1 is 0.857 bits per heavy atom. The van der Waals surface area contributed by atoms with Crippen LogP contribution < -0.4 is 10.1 Å². The van der Waals surface area contributed by atoms with Crippen molar-refractivity contribution in [2.75, 3.05) is 7.11 Å². The number of methoxy groups -OCH3 is 1. The Balaban J connectivity index is 1.87. The molecule has 0 unspecified atom stereocenters. The van der Waals surface area contributed by atoms with Gasteiger partial charge in [-0.05, 0) is 47.5 Å². The number of amides is 1. The van der Waals surface area contributed by atoms with Gasteiger partial charge in [0.15, 0.2) is 0 Å². The molecular formula is C22H18F3NO2. The fraction of sp³-hybridized carbons (Fsp3) is 0.136. The molecule has 0 aromatic heterocycles. The third kappa shape index (κ3) is 4.52. The van der Waals surface area contributed by atoms with Crippen molar-refractivity contribution in [3.8, 4) is 5.75 Å². The van der Waals surface area contributed by atoms with Crippen molar-refractivity contribution in [1.82, 2.24) is 5.32 Å². The fourth-order valence-electron chi connectivity index (χ4n) is 2.83. The summed E-state index contributed by atoms with van der Waals surface area (Å²) < 4.78 is 43.3. The summed E-state index contributed by atoms with van der Waals surface area (Å²) in [6, 6.07) is 20.3. The molecule has 3 aromatic carbocycles. The molecule has 0 bridgehead atoms. The molecule has 3 nitrogen and oxygen atoms in total. The summed E-state index contributed by atoms with van der Waals surface area (Å²) >= 11 is 0. The molecule has 28 heavy (non-hydrogen) atoms. The van der Waals surface area contributed by atoms with Gasteiger partial charge in [-0.1, -0.05) is 42.5 Å². The van der Waals surface area contributed by atoms with Crippen molar-refractivity contribution >= 4 is 5.91 Å². The molecular weight excluding hydrogens is 367 g/mol. The lowest BCUT2D eigenvalue weighted by Gasteiger charge is -2.20. The van der Waals surface area contributed by atoms with Crippen LogP contribution in [0.5, 0.6) is 5.75 Å². The van der Waals surface area contributed by atoms with Crippen molar-refractivity contribution in [3.05, 3.63) is 101 Å². The van der Waals surface area contributed by atoms with Crippen molar-refractivity contribution in [3.63, 3.8) is 0 Å². The third-order valence-electron chi connectivity index (χ3n) is 4.33. The Kier molecular flexibility index (Phi) is 5.68. The second-order valence-electron chi connectivity index (χ2n) is 6.17. The molecule has 3 rings (SSSR count). The molecule has 1 amide bonds. The summed E-state index contributed by atoms with van der Waals surface area (Å²) in [5.74, 6) is 0.225. The minimum atomic E-state index is -4.44. The van der Waals surface area contributed by atoms with Gasteiger partial charge in [-0.15, -0.1) is 0 Å². The van der Waals surface area contributed by atoms with Crippen LogP contribution in [-0.4, -0.2) is 13.0 Å². The first-order valence-electron chi connectivity index (χ1n) is 8.55. The van der Waals surface area contributed by atoms with Crippen LogP contribution in [0.25, 0.3) is 0 Å². The van der Waals surface area contributed by atoms with Crippen molar-refractivity contribution in [2.24, 2.45) is 0 Å². The molecule has 0 spiro atoms. The first kappa shape index (κ1) is 19.5. The average Bonchev–Trinajstić information content (AvgIpc) is 2.72. The Bertz CT molecular complexity index is 921. The van der Waals surface area contributed by atoms with Crippen molar-refractivity contribution < 1.29 is 22.7 Å². The monoisotopic (exact) mass is 385 g/mol. The minimum absolute atomic E-state index is 0.155. The lowest BCUT2D eigenvalue weighted by Crippen LogP contribution is -2.29. The Morgan fingerprint density at radius 3 is 1.96 bits per heavy atom. The molecule has 0 aliphatic rings. The predicted molar refractivity (Wildman–Crippen MR) is 100 cm³/mol. The third-order valence-corrected chi connectivity index (χ3v) is 4.33. The molecule has 0 aliphatic heterocycles. The van der Waals surface area contributed by atoms with Gasteiger partial charge in [0.05, 0.1) is 18.7 Å². The van der Waals surface area contributed by atoms with Crippen LogP contribution in [-0.2, 0) is 6.18 Å². The highest BCUT2D eigenvalue weighted by molar-refractivity contribution is 5.94. The number of alkyl halides is 3. The minimum Gasteiger partial charge on any atom is -0.497 e. The zero-order valence-electron chi connectivity index (χ0n) is 15.0. The number of hydrogen-bond donors (Lipinski definition) is 1. The lowest BCUT2D eigenvalue weighted by molar-refractivity contribution is -0.137. The summed E-state index contributed by atoms with van der Waals surface area (Å²) in [6.07, 6.45) is -4.44. The highest BCUT2D eigenvalue weighted by atomic mass is 19.4. The van der Waals surface area contributed by atoms with Gasteiger partial charge in [0.2, 0.25) is 0 Å². The quantitative estimate of drug-likeness (QED) is 0.653. The molecule has 1 N–H and O–H groups in total. The average molecular weight is 385 g/mol. The summed E-state index contributed by atoms with van der Waals surface area (Å²) in [7, 11) is 1.57. The van der Waals surface area contributed by atoms with Crippen LogP contribution in [0.4, 0.5) is 13.2 Å². The predicted octanol–water partition coefficient (Wildman–Crippen LogP) is 5.23. The molecule has 0 saturated heterocycles. The second-order valence-corrected chi connectivity index (χ2v) is 6.17. The van der Waals surface area contributed by atoms with E-state index in [0.717, 1.165) is 23.3 Å². The molecule has 6 heteroatoms. The number of rotatable bonds is 5. The van der Waals surface area contributed by atoms with E-state index in [-0.39, 0.29) is 5.56 Å². The fourth-order valence-corrected chi connectivity index (χ4v) is 2.83. The zero-order chi connectivity index (χ0) is 20.1. The van der Waals surface area contributed by atoms with Crippen LogP contribution in [0, 0.1) is 0 Å². The molecule has 0 heterocycles. The van der Waals surface area contributed by atoms with Crippen LogP contribution >= 0.6 is 0 Å². The maximum Gasteiger partial charge on any atom is 0.416 e. The second kappa shape index (κ2) is 8.17. The van der Waals surface area contributed by atoms with Gasteiger partial charge in [-0.3, -0.25) is 4.79 Å². The molecule has 1 atom stereocenters. The summed E-state index contributed by atoms with van der Waals surface area (Å²) in [5, 5.41) is 2.90. The number of halogens is 3. The Hall–Kier alpha value is -3.28. The number of nitrogens with one attached hydrogen (secondary N) is 1. The zero-order valence-corrected chi connectivity index (χ0v) is 15.0. The number of benzene rings is 3. The van der Waals surface area contributed by atoms with E-state index in [1.54, 1.807) is 19.2 Å². The number of carbonyl (C=O) groups is 1. The van der Waals surface area contributed by atoms with Gasteiger partial charge in [-0.2, -0.15) is 13.2 Å². The van der Waals surface area contributed by atoms with Crippen LogP contribution in [0.15, 0.2) is 78.9 Å². The summed E-state index contributed by atoms with van der Waals surface area (Å²) in [6.45, 7) is 0. The molecule has 144 valence electrons. The van der Waals surface area contributed by atoms with Gasteiger partial charge in [0, 0.05) is 5.56 Å². The normalized spacial score (nSPS) is 12.3. The number of ether oxygens (including phenoxy) is 1. The smallest absolute Gasteiger partial charge is 0.416 e. The van der Waals surface area contributed by atoms with Crippen LogP contribution in [0.2, 0.25) is 0 Å². The molecule has 0 saturated carbocycles. The highest BCUT2D eigenvalue weighted by Crippen LogP contribution is 2.29. The molecule has 0 fully saturated rings. The largest absolute Gasteiger partial charge is 0.497 e. The van der Waals surface area contributed by atoms with E-state index in [4.69, 9.17) is 4.74 Å². The van der Waals surface area contributed by atoms with Crippen LogP contribution in [0.1, 0.15) is 33.1 Å². The number of carbonyl (C=O) groups excluding carboxylic acids is 1. The maximum absolute atomic E-state index is 12.7. The van der Waals surface area contributed by atoms with Gasteiger partial charge >= 0.3 is 6.18 Å². The molecule has 0 aliphatic carbocycles. The lowest BCUT2D eigenvalue weighted by atomic mass is 9.98. The topological polar surface area (TPSA) is 38.3 Å². The number of hydrogen-bond acceptors (Lipinski definition) is 2. The van der Waals surface area contributed by atoms with E-state index in [9.17, 15) is 18.0 Å². The highest BCUT2D eigenvalue weighted by Gasteiger charge is 2.30. The first-order valence-corrected chi connectivity index (χ1v) is 8.55. The Morgan fingerprint density at radius 2 is 1.43 bits per heavy atom. The summed E-state index contributed by atoms with van der Waals surface area (Å²) in [5.41, 5.74) is 1.04. The van der Waals surface area contributed by atoms with Crippen LogP contribution in [0.3, 0.4) is 0 Å². The maximum atomic E-state index is 12.7. The summed E-state index contributed by atoms with van der Waals surface area (Å²) in [4.78, 5) is 12.7. The standard InChI is InChI=1S/C22H18F3NO2/c1-28-19-13-9-16(10-14-19)20(15-5-3-2-4-6-15)26-21(27)17-7-11-18(12-8-17)22(23,24)25/h2-14,20H,1H3,(H,26,27)/t20-/m1/s1.